The molecular weight excluding hydrogens is 156 g/mol. The Bertz CT molecular complexity index is 240. The number of hydrogen-bond acceptors (Lipinski definition) is 2. The van der Waals surface area contributed by atoms with Gasteiger partial charge in [-0.2, -0.15) is 17.7 Å². The third-order valence-electron chi connectivity index (χ3n) is 1.34. The molecule has 0 saturated heterocycles. The number of thiol groups is 1. The number of aromatic nitrogens is 2. The van der Waals surface area contributed by atoms with Gasteiger partial charge in [0.2, 0.25) is 0 Å². The van der Waals surface area contributed by atoms with Crippen LogP contribution in [0.5, 0.6) is 0 Å². The van der Waals surface area contributed by atoms with Crippen molar-refractivity contribution in [1.82, 2.24) is 9.78 Å². The highest BCUT2D eigenvalue weighted by molar-refractivity contribution is 7.80. The van der Waals surface area contributed by atoms with Crippen LogP contribution >= 0.6 is 12.6 Å². The number of nitrogens with zero attached hydrogens (tertiary/aromatic N) is 2. The van der Waals surface area contributed by atoms with Gasteiger partial charge in [0, 0.05) is 11.9 Å². The maximum atomic E-state index is 4.22. The van der Waals surface area contributed by atoms with Gasteiger partial charge >= 0.3 is 0 Å². The summed E-state index contributed by atoms with van der Waals surface area (Å²) in [6, 6.07) is 1.99. The minimum atomic E-state index is 0.792. The molecule has 1 aromatic heterocycles. The minimum absolute atomic E-state index is 0.792. The Morgan fingerprint density at radius 3 is 3.00 bits per heavy atom. The topological polar surface area (TPSA) is 17.8 Å². The van der Waals surface area contributed by atoms with Gasteiger partial charge in [0.25, 0.3) is 0 Å². The van der Waals surface area contributed by atoms with Crippen LogP contribution < -0.4 is 0 Å². The minimum Gasteiger partial charge on any atom is -0.269 e. The van der Waals surface area contributed by atoms with Crippen molar-refractivity contribution in [2.75, 3.05) is 5.75 Å². The van der Waals surface area contributed by atoms with E-state index in [1.165, 1.54) is 0 Å². The largest absolute Gasteiger partial charge is 0.269 e. The third kappa shape index (κ3) is 2.80. The Kier molecular flexibility index (Phi) is 3.23. The van der Waals surface area contributed by atoms with Crippen molar-refractivity contribution in [1.29, 1.82) is 0 Å². The van der Waals surface area contributed by atoms with Gasteiger partial charge in [-0.1, -0.05) is 12.2 Å². The van der Waals surface area contributed by atoms with E-state index in [2.05, 4.69) is 23.8 Å². The lowest BCUT2D eigenvalue weighted by Gasteiger charge is -1.92. The van der Waals surface area contributed by atoms with Crippen molar-refractivity contribution in [3.63, 3.8) is 0 Å². The van der Waals surface area contributed by atoms with Crippen LogP contribution in [0.3, 0.4) is 0 Å². The molecule has 0 aliphatic heterocycles. The Balaban J connectivity index is 2.45. The summed E-state index contributed by atoms with van der Waals surface area (Å²) in [5.41, 5.74) is 1.06. The molecule has 2 nitrogen and oxygen atoms in total. The fourth-order valence-corrected chi connectivity index (χ4v) is 0.971. The molecule has 0 saturated carbocycles. The van der Waals surface area contributed by atoms with Crippen LogP contribution in [0.25, 0.3) is 0 Å². The Hall–Kier alpha value is -0.700. The second-order valence-electron chi connectivity index (χ2n) is 2.33. The maximum absolute atomic E-state index is 4.22. The summed E-state index contributed by atoms with van der Waals surface area (Å²) < 4.78 is 1.90. The van der Waals surface area contributed by atoms with Crippen LogP contribution in [-0.2, 0) is 6.54 Å². The molecule has 60 valence electrons. The number of allylic oxidation sites excluding steroid dienone is 1. The summed E-state index contributed by atoms with van der Waals surface area (Å²) in [5.74, 6) is 0.792. The van der Waals surface area contributed by atoms with Gasteiger partial charge in [-0.05, 0) is 13.0 Å². The van der Waals surface area contributed by atoms with Gasteiger partial charge in [-0.3, -0.25) is 4.68 Å². The Morgan fingerprint density at radius 2 is 2.45 bits per heavy atom. The zero-order valence-corrected chi connectivity index (χ0v) is 7.46. The lowest BCUT2D eigenvalue weighted by atomic mass is 10.5. The molecule has 0 atom stereocenters. The van der Waals surface area contributed by atoms with Crippen molar-refractivity contribution >= 4 is 12.6 Å². The number of rotatable bonds is 3. The first-order valence-corrected chi connectivity index (χ1v) is 4.22. The van der Waals surface area contributed by atoms with Gasteiger partial charge < -0.3 is 0 Å². The highest BCUT2D eigenvalue weighted by Gasteiger charge is 1.88. The molecule has 0 radical (unpaired) electrons. The quantitative estimate of drug-likeness (QED) is 0.537. The van der Waals surface area contributed by atoms with E-state index in [-0.39, 0.29) is 0 Å². The zero-order chi connectivity index (χ0) is 8.10. The van der Waals surface area contributed by atoms with Gasteiger partial charge in [0.05, 0.1) is 12.2 Å². The predicted octanol–water partition coefficient (Wildman–Crippen LogP) is 1.68. The van der Waals surface area contributed by atoms with Gasteiger partial charge in [-0.25, -0.2) is 0 Å². The molecule has 0 spiro atoms. The summed E-state index contributed by atoms with van der Waals surface area (Å²) in [7, 11) is 0. The summed E-state index contributed by atoms with van der Waals surface area (Å²) >= 11 is 4.06. The average molecular weight is 168 g/mol. The van der Waals surface area contributed by atoms with Crippen LogP contribution in [-0.4, -0.2) is 15.5 Å². The van der Waals surface area contributed by atoms with Crippen molar-refractivity contribution in [2.45, 2.75) is 13.5 Å². The van der Waals surface area contributed by atoms with Crippen LogP contribution in [0.15, 0.2) is 24.4 Å². The molecule has 0 aliphatic carbocycles. The summed E-state index contributed by atoms with van der Waals surface area (Å²) in [5, 5.41) is 4.22. The first-order chi connectivity index (χ1) is 5.33. The number of hydrogen-bond donors (Lipinski definition) is 1. The van der Waals surface area contributed by atoms with Crippen LogP contribution in [0, 0.1) is 6.92 Å². The average Bonchev–Trinajstić information content (AvgIpc) is 2.37. The van der Waals surface area contributed by atoms with Crippen LogP contribution in [0.2, 0.25) is 0 Å². The molecule has 3 heteroatoms. The first-order valence-electron chi connectivity index (χ1n) is 3.59. The molecular formula is C8H12N2S. The lowest BCUT2D eigenvalue weighted by molar-refractivity contribution is 0.693. The van der Waals surface area contributed by atoms with E-state index in [1.54, 1.807) is 0 Å². The monoisotopic (exact) mass is 168 g/mol. The fourth-order valence-electron chi connectivity index (χ4n) is 0.822. The van der Waals surface area contributed by atoms with Crippen LogP contribution in [0.4, 0.5) is 0 Å². The van der Waals surface area contributed by atoms with E-state index in [4.69, 9.17) is 0 Å². The van der Waals surface area contributed by atoms with Crippen molar-refractivity contribution in [2.24, 2.45) is 0 Å². The molecule has 0 aliphatic rings. The SMILES string of the molecule is Cc1ccn(CC=CCS)n1. The summed E-state index contributed by atoms with van der Waals surface area (Å²) in [4.78, 5) is 0. The van der Waals surface area contributed by atoms with E-state index in [1.807, 2.05) is 29.9 Å². The van der Waals surface area contributed by atoms with Crippen molar-refractivity contribution < 1.29 is 0 Å². The van der Waals surface area contributed by atoms with E-state index >= 15 is 0 Å². The molecule has 0 amide bonds. The highest BCUT2D eigenvalue weighted by Crippen LogP contribution is 1.92. The molecule has 0 bridgehead atoms. The maximum Gasteiger partial charge on any atom is 0.0593 e. The standard InChI is InChI=1S/C8H12N2S/c1-8-4-6-10(9-8)5-2-3-7-11/h2-4,6,11H,5,7H2,1H3. The van der Waals surface area contributed by atoms with E-state index < -0.39 is 0 Å². The molecule has 1 rings (SSSR count). The van der Waals surface area contributed by atoms with Crippen molar-refractivity contribution in [3.8, 4) is 0 Å². The molecule has 0 aromatic carbocycles. The van der Waals surface area contributed by atoms with Gasteiger partial charge in [0.1, 0.15) is 0 Å². The Labute approximate surface area is 72.3 Å². The fraction of sp³-hybridized carbons (Fsp3) is 0.375. The van der Waals surface area contributed by atoms with Crippen LogP contribution in [0.1, 0.15) is 5.69 Å². The number of aryl methyl sites for hydroxylation is 1. The van der Waals surface area contributed by atoms with Gasteiger partial charge in [0.15, 0.2) is 0 Å². The highest BCUT2D eigenvalue weighted by atomic mass is 32.1. The molecule has 0 fully saturated rings. The molecule has 0 N–H and O–H groups in total. The summed E-state index contributed by atoms with van der Waals surface area (Å²) in [6.45, 7) is 2.83. The summed E-state index contributed by atoms with van der Waals surface area (Å²) in [6.07, 6.45) is 6.04. The third-order valence-corrected chi connectivity index (χ3v) is 1.55. The molecule has 0 unspecified atom stereocenters. The first kappa shape index (κ1) is 8.40. The smallest absolute Gasteiger partial charge is 0.0593 e. The second-order valence-corrected chi connectivity index (χ2v) is 2.70. The second kappa shape index (κ2) is 4.23. The van der Waals surface area contributed by atoms with E-state index in [9.17, 15) is 0 Å². The normalized spacial score (nSPS) is 11.1. The van der Waals surface area contributed by atoms with Gasteiger partial charge in [-0.15, -0.1) is 0 Å². The van der Waals surface area contributed by atoms with Crippen molar-refractivity contribution in [3.05, 3.63) is 30.1 Å². The predicted molar refractivity (Wildman–Crippen MR) is 50.0 cm³/mol. The lowest BCUT2D eigenvalue weighted by Crippen LogP contribution is -1.95. The van der Waals surface area contributed by atoms with E-state index in [0.717, 1.165) is 18.0 Å². The molecule has 1 heterocycles. The van der Waals surface area contributed by atoms with E-state index in [0.29, 0.717) is 0 Å². The molecule has 11 heavy (non-hydrogen) atoms. The Morgan fingerprint density at radius 1 is 1.64 bits per heavy atom. The zero-order valence-electron chi connectivity index (χ0n) is 6.57. The molecule has 1 aromatic rings.